The Bertz CT molecular complexity index is 212. The van der Waals surface area contributed by atoms with Crippen molar-refractivity contribution in [2.45, 2.75) is 37.8 Å². The Morgan fingerprint density at radius 1 is 1.67 bits per heavy atom. The van der Waals surface area contributed by atoms with Gasteiger partial charge in [0.1, 0.15) is 0 Å². The number of hydrogen-bond acceptors (Lipinski definition) is 2. The minimum absolute atomic E-state index is 0.176. The summed E-state index contributed by atoms with van der Waals surface area (Å²) < 4.78 is 0. The zero-order valence-corrected chi connectivity index (χ0v) is 7.33. The molecular formula is C10H15NO. The Labute approximate surface area is 73.2 Å². The Kier molecular flexibility index (Phi) is 2.01. The Morgan fingerprint density at radius 2 is 2.50 bits per heavy atom. The minimum Gasteiger partial charge on any atom is -0.298 e. The topological polar surface area (TPSA) is 20.3 Å². The number of ketones is 1. The van der Waals surface area contributed by atoms with E-state index >= 15 is 0 Å². The first-order valence-electron chi connectivity index (χ1n) is 4.72. The van der Waals surface area contributed by atoms with Crippen LogP contribution >= 0.6 is 0 Å². The lowest BCUT2D eigenvalue weighted by atomic mass is 10.1. The van der Waals surface area contributed by atoms with Crippen molar-refractivity contribution in [3.8, 4) is 0 Å². The van der Waals surface area contributed by atoms with Crippen LogP contribution in [0.1, 0.15) is 25.7 Å². The van der Waals surface area contributed by atoms with Crippen molar-refractivity contribution in [2.75, 3.05) is 6.54 Å². The summed E-state index contributed by atoms with van der Waals surface area (Å²) in [5, 5.41) is 0. The summed E-state index contributed by atoms with van der Waals surface area (Å²) >= 11 is 0. The van der Waals surface area contributed by atoms with Crippen molar-refractivity contribution in [3.63, 3.8) is 0 Å². The molecule has 0 radical (unpaired) electrons. The number of Topliss-reactive ketones (excluding diaryl/α,β-unsaturated/α-hetero) is 1. The molecular weight excluding hydrogens is 150 g/mol. The lowest BCUT2D eigenvalue weighted by molar-refractivity contribution is -0.119. The summed E-state index contributed by atoms with van der Waals surface area (Å²) in [7, 11) is 0. The van der Waals surface area contributed by atoms with Crippen LogP contribution in [0, 0.1) is 0 Å². The first-order chi connectivity index (χ1) is 5.83. The maximum atomic E-state index is 11.5. The van der Waals surface area contributed by atoms with Gasteiger partial charge in [0.25, 0.3) is 0 Å². The van der Waals surface area contributed by atoms with Gasteiger partial charge in [0, 0.05) is 12.5 Å². The molecule has 2 rings (SSSR count). The summed E-state index contributed by atoms with van der Waals surface area (Å²) in [4.78, 5) is 13.9. The van der Waals surface area contributed by atoms with Crippen LogP contribution in [0.3, 0.4) is 0 Å². The predicted octanol–water partition coefficient (Wildman–Crippen LogP) is 1.37. The van der Waals surface area contributed by atoms with Crippen molar-refractivity contribution >= 4 is 5.78 Å². The zero-order chi connectivity index (χ0) is 8.55. The van der Waals surface area contributed by atoms with Crippen molar-refractivity contribution in [2.24, 2.45) is 0 Å². The highest BCUT2D eigenvalue weighted by Gasteiger charge is 2.41. The van der Waals surface area contributed by atoms with E-state index in [1.54, 1.807) is 0 Å². The lowest BCUT2D eigenvalue weighted by Crippen LogP contribution is -2.33. The van der Waals surface area contributed by atoms with Crippen molar-refractivity contribution in [1.82, 2.24) is 4.90 Å². The maximum Gasteiger partial charge on any atom is 0.151 e. The first kappa shape index (κ1) is 7.99. The number of hydrogen-bond donors (Lipinski definition) is 0. The molecule has 0 aliphatic carbocycles. The molecule has 2 heterocycles. The average Bonchev–Trinajstić information content (AvgIpc) is 2.56. The van der Waals surface area contributed by atoms with Crippen LogP contribution in [-0.4, -0.2) is 29.3 Å². The molecule has 0 aromatic carbocycles. The van der Waals surface area contributed by atoms with Crippen molar-refractivity contribution < 1.29 is 4.79 Å². The van der Waals surface area contributed by atoms with Crippen LogP contribution in [0.25, 0.3) is 0 Å². The average molecular weight is 165 g/mol. The maximum absolute atomic E-state index is 11.5. The van der Waals surface area contributed by atoms with Crippen molar-refractivity contribution in [3.05, 3.63) is 12.7 Å². The van der Waals surface area contributed by atoms with Gasteiger partial charge in [-0.15, -0.1) is 6.58 Å². The van der Waals surface area contributed by atoms with Gasteiger partial charge in [-0.1, -0.05) is 6.08 Å². The molecule has 0 N–H and O–H groups in total. The third kappa shape index (κ3) is 1.11. The number of nitrogens with zero attached hydrogens (tertiary/aromatic N) is 1. The SMILES string of the molecule is C=CC[C@H]1C(=O)C[C@@H]2CCCN21. The molecule has 66 valence electrons. The summed E-state index contributed by atoms with van der Waals surface area (Å²) in [5.41, 5.74) is 0. The molecule has 0 amide bonds. The monoisotopic (exact) mass is 165 g/mol. The van der Waals surface area contributed by atoms with Gasteiger partial charge in [-0.25, -0.2) is 0 Å². The van der Waals surface area contributed by atoms with Gasteiger partial charge >= 0.3 is 0 Å². The summed E-state index contributed by atoms with van der Waals surface area (Å²) in [6, 6.07) is 0.748. The fraction of sp³-hybridized carbons (Fsp3) is 0.700. The van der Waals surface area contributed by atoms with Gasteiger partial charge < -0.3 is 0 Å². The number of carbonyl (C=O) groups is 1. The molecule has 0 spiro atoms. The van der Waals surface area contributed by atoms with Gasteiger partial charge in [0.05, 0.1) is 6.04 Å². The van der Waals surface area contributed by atoms with Gasteiger partial charge in [0.2, 0.25) is 0 Å². The second kappa shape index (κ2) is 3.02. The van der Waals surface area contributed by atoms with E-state index in [9.17, 15) is 4.79 Å². The Morgan fingerprint density at radius 3 is 3.25 bits per heavy atom. The smallest absolute Gasteiger partial charge is 0.151 e. The number of fused-ring (bicyclic) bond motifs is 1. The second-order valence-corrected chi connectivity index (χ2v) is 3.74. The normalized spacial score (nSPS) is 35.5. The van der Waals surface area contributed by atoms with Gasteiger partial charge in [-0.3, -0.25) is 9.69 Å². The lowest BCUT2D eigenvalue weighted by Gasteiger charge is -2.20. The van der Waals surface area contributed by atoms with E-state index in [4.69, 9.17) is 0 Å². The fourth-order valence-electron chi connectivity index (χ4n) is 2.47. The van der Waals surface area contributed by atoms with Crippen LogP contribution < -0.4 is 0 Å². The first-order valence-corrected chi connectivity index (χ1v) is 4.72. The molecule has 0 aromatic rings. The summed E-state index contributed by atoms with van der Waals surface area (Å²) in [6.07, 6.45) is 5.99. The van der Waals surface area contributed by atoms with Crippen LogP contribution in [-0.2, 0) is 4.79 Å². The highest BCUT2D eigenvalue weighted by molar-refractivity contribution is 5.87. The predicted molar refractivity (Wildman–Crippen MR) is 48.0 cm³/mol. The van der Waals surface area contributed by atoms with Crippen LogP contribution in [0.15, 0.2) is 12.7 Å². The van der Waals surface area contributed by atoms with Crippen LogP contribution in [0.2, 0.25) is 0 Å². The Hall–Kier alpha value is -0.630. The molecule has 2 saturated heterocycles. The van der Waals surface area contributed by atoms with E-state index in [-0.39, 0.29) is 6.04 Å². The van der Waals surface area contributed by atoms with Crippen molar-refractivity contribution in [1.29, 1.82) is 0 Å². The summed E-state index contributed by atoms with van der Waals surface area (Å²) in [5.74, 6) is 0.430. The molecule has 2 atom stereocenters. The van der Waals surface area contributed by atoms with E-state index in [0.717, 1.165) is 19.4 Å². The summed E-state index contributed by atoms with van der Waals surface area (Å²) in [6.45, 7) is 4.81. The van der Waals surface area contributed by atoms with E-state index < -0.39 is 0 Å². The van der Waals surface area contributed by atoms with Gasteiger partial charge in [-0.2, -0.15) is 0 Å². The minimum atomic E-state index is 0.176. The number of carbonyl (C=O) groups excluding carboxylic acids is 1. The number of rotatable bonds is 2. The molecule has 2 aliphatic heterocycles. The molecule has 2 heteroatoms. The van der Waals surface area contributed by atoms with Gasteiger partial charge in [0.15, 0.2) is 5.78 Å². The van der Waals surface area contributed by atoms with E-state index in [1.165, 1.54) is 12.8 Å². The highest BCUT2D eigenvalue weighted by Crippen LogP contribution is 2.31. The highest BCUT2D eigenvalue weighted by atomic mass is 16.1. The molecule has 12 heavy (non-hydrogen) atoms. The molecule has 0 bridgehead atoms. The molecule has 0 unspecified atom stereocenters. The Balaban J connectivity index is 2.10. The van der Waals surface area contributed by atoms with Gasteiger partial charge in [-0.05, 0) is 25.8 Å². The van der Waals surface area contributed by atoms with Crippen LogP contribution in [0.4, 0.5) is 0 Å². The van der Waals surface area contributed by atoms with E-state index in [2.05, 4.69) is 11.5 Å². The molecule has 2 fully saturated rings. The molecule has 0 saturated carbocycles. The second-order valence-electron chi connectivity index (χ2n) is 3.74. The quantitative estimate of drug-likeness (QED) is 0.576. The third-order valence-electron chi connectivity index (χ3n) is 3.02. The van der Waals surface area contributed by atoms with E-state index in [0.29, 0.717) is 11.8 Å². The zero-order valence-electron chi connectivity index (χ0n) is 7.33. The third-order valence-corrected chi connectivity index (χ3v) is 3.02. The van der Waals surface area contributed by atoms with E-state index in [1.807, 2.05) is 6.08 Å². The molecule has 2 aliphatic rings. The molecule has 0 aromatic heterocycles. The fourth-order valence-corrected chi connectivity index (χ4v) is 2.47. The molecule has 2 nitrogen and oxygen atoms in total. The standard InChI is InChI=1S/C10H15NO/c1-2-4-9-10(12)7-8-5-3-6-11(8)9/h2,8-9H,1,3-7H2/t8-,9-/m0/s1. The largest absolute Gasteiger partial charge is 0.298 e. The van der Waals surface area contributed by atoms with Crippen LogP contribution in [0.5, 0.6) is 0 Å².